The molecule has 0 fully saturated rings. The summed E-state index contributed by atoms with van der Waals surface area (Å²) in [4.78, 5) is 12.2. The van der Waals surface area contributed by atoms with Crippen LogP contribution in [0, 0.1) is 18.3 Å². The van der Waals surface area contributed by atoms with Crippen molar-refractivity contribution < 1.29 is 4.79 Å². The second-order valence-electron chi connectivity index (χ2n) is 4.44. The van der Waals surface area contributed by atoms with Gasteiger partial charge in [-0.05, 0) is 48.9 Å². The van der Waals surface area contributed by atoms with Gasteiger partial charge in [-0.2, -0.15) is 5.26 Å². The van der Waals surface area contributed by atoms with E-state index >= 15 is 0 Å². The van der Waals surface area contributed by atoms with E-state index < -0.39 is 0 Å². The van der Waals surface area contributed by atoms with Crippen LogP contribution in [0.25, 0.3) is 0 Å². The summed E-state index contributed by atoms with van der Waals surface area (Å²) in [6, 6.07) is 14.4. The predicted octanol–water partition coefficient (Wildman–Crippen LogP) is 3.16. The summed E-state index contributed by atoms with van der Waals surface area (Å²) in [7, 11) is 1.78. The van der Waals surface area contributed by atoms with Gasteiger partial charge in [0.1, 0.15) is 0 Å². The van der Waals surface area contributed by atoms with Crippen LogP contribution >= 0.6 is 0 Å². The molecule has 0 bridgehead atoms. The number of benzene rings is 2. The quantitative estimate of drug-likeness (QED) is 0.896. The molecule has 0 saturated heterocycles. The SMILES string of the molecule is CNc1cc(C)ccc1C(=O)Nc1ccc(C#N)cc1. The summed E-state index contributed by atoms with van der Waals surface area (Å²) in [5, 5.41) is 14.6. The first-order valence-electron chi connectivity index (χ1n) is 6.24. The second kappa shape index (κ2) is 5.89. The number of carbonyl (C=O) groups is 1. The average Bonchev–Trinajstić information content (AvgIpc) is 2.47. The van der Waals surface area contributed by atoms with E-state index in [2.05, 4.69) is 10.6 Å². The zero-order valence-electron chi connectivity index (χ0n) is 11.4. The van der Waals surface area contributed by atoms with Gasteiger partial charge in [0.05, 0.1) is 17.2 Å². The molecule has 0 aliphatic rings. The van der Waals surface area contributed by atoms with Crippen molar-refractivity contribution in [3.8, 4) is 6.07 Å². The maximum absolute atomic E-state index is 12.2. The topological polar surface area (TPSA) is 64.9 Å². The molecule has 0 heterocycles. The van der Waals surface area contributed by atoms with Crippen LogP contribution < -0.4 is 10.6 Å². The van der Waals surface area contributed by atoms with Crippen molar-refractivity contribution in [1.82, 2.24) is 0 Å². The zero-order chi connectivity index (χ0) is 14.5. The Morgan fingerprint density at radius 1 is 1.15 bits per heavy atom. The number of anilines is 2. The number of nitrogens with zero attached hydrogens (tertiary/aromatic N) is 1. The van der Waals surface area contributed by atoms with E-state index in [9.17, 15) is 4.79 Å². The van der Waals surface area contributed by atoms with Gasteiger partial charge < -0.3 is 10.6 Å². The van der Waals surface area contributed by atoms with Gasteiger partial charge in [0, 0.05) is 18.4 Å². The first kappa shape index (κ1) is 13.6. The molecule has 0 unspecified atom stereocenters. The van der Waals surface area contributed by atoms with Crippen LogP contribution in [0.3, 0.4) is 0 Å². The molecule has 2 N–H and O–H groups in total. The maximum Gasteiger partial charge on any atom is 0.257 e. The number of amides is 1. The lowest BCUT2D eigenvalue weighted by Gasteiger charge is -2.10. The van der Waals surface area contributed by atoms with E-state index in [1.165, 1.54) is 0 Å². The van der Waals surface area contributed by atoms with E-state index in [0.717, 1.165) is 11.3 Å². The molecule has 0 radical (unpaired) electrons. The molecule has 0 spiro atoms. The molecule has 4 heteroatoms. The summed E-state index contributed by atoms with van der Waals surface area (Å²) in [6.45, 7) is 1.98. The highest BCUT2D eigenvalue weighted by atomic mass is 16.1. The van der Waals surface area contributed by atoms with E-state index in [1.807, 2.05) is 25.1 Å². The van der Waals surface area contributed by atoms with Gasteiger partial charge in [-0.15, -0.1) is 0 Å². The largest absolute Gasteiger partial charge is 0.387 e. The normalized spacial score (nSPS) is 9.65. The molecule has 0 atom stereocenters. The minimum absolute atomic E-state index is 0.181. The molecule has 2 aromatic carbocycles. The first-order valence-corrected chi connectivity index (χ1v) is 6.24. The molecule has 0 aliphatic heterocycles. The summed E-state index contributed by atoms with van der Waals surface area (Å²) in [6.07, 6.45) is 0. The molecule has 1 amide bonds. The number of nitriles is 1. The third-order valence-electron chi connectivity index (χ3n) is 2.96. The van der Waals surface area contributed by atoms with Crippen LogP contribution in [0.5, 0.6) is 0 Å². The van der Waals surface area contributed by atoms with E-state index in [1.54, 1.807) is 37.4 Å². The Labute approximate surface area is 118 Å². The van der Waals surface area contributed by atoms with Crippen LogP contribution in [-0.4, -0.2) is 13.0 Å². The van der Waals surface area contributed by atoms with Gasteiger partial charge >= 0.3 is 0 Å². The van der Waals surface area contributed by atoms with Gasteiger partial charge in [-0.1, -0.05) is 6.07 Å². The average molecular weight is 265 g/mol. The molecular formula is C16H15N3O. The highest BCUT2D eigenvalue weighted by molar-refractivity contribution is 6.08. The predicted molar refractivity (Wildman–Crippen MR) is 79.8 cm³/mol. The molecule has 2 rings (SSSR count). The fraction of sp³-hybridized carbons (Fsp3) is 0.125. The molecule has 20 heavy (non-hydrogen) atoms. The third kappa shape index (κ3) is 2.96. The number of aryl methyl sites for hydroxylation is 1. The molecule has 0 saturated carbocycles. The van der Waals surface area contributed by atoms with E-state index in [-0.39, 0.29) is 5.91 Å². The number of rotatable bonds is 3. The zero-order valence-corrected chi connectivity index (χ0v) is 11.4. The van der Waals surface area contributed by atoms with Gasteiger partial charge in [-0.25, -0.2) is 0 Å². The molecule has 0 aromatic heterocycles. The molecule has 4 nitrogen and oxygen atoms in total. The summed E-state index contributed by atoms with van der Waals surface area (Å²) < 4.78 is 0. The minimum atomic E-state index is -0.181. The van der Waals surface area contributed by atoms with Crippen molar-refractivity contribution in [2.75, 3.05) is 17.7 Å². The van der Waals surface area contributed by atoms with Crippen molar-refractivity contribution in [2.45, 2.75) is 6.92 Å². The van der Waals surface area contributed by atoms with E-state index in [4.69, 9.17) is 5.26 Å². The fourth-order valence-electron chi connectivity index (χ4n) is 1.89. The molecule has 0 aliphatic carbocycles. The lowest BCUT2D eigenvalue weighted by atomic mass is 10.1. The van der Waals surface area contributed by atoms with Gasteiger partial charge in [-0.3, -0.25) is 4.79 Å². The minimum Gasteiger partial charge on any atom is -0.387 e. The van der Waals surface area contributed by atoms with Crippen LogP contribution in [0.15, 0.2) is 42.5 Å². The number of carbonyl (C=O) groups excluding carboxylic acids is 1. The van der Waals surface area contributed by atoms with Crippen LogP contribution in [0.1, 0.15) is 21.5 Å². The Morgan fingerprint density at radius 3 is 2.45 bits per heavy atom. The summed E-state index contributed by atoms with van der Waals surface area (Å²) >= 11 is 0. The Hall–Kier alpha value is -2.80. The fourth-order valence-corrected chi connectivity index (χ4v) is 1.89. The van der Waals surface area contributed by atoms with Gasteiger partial charge in [0.25, 0.3) is 5.91 Å². The van der Waals surface area contributed by atoms with Crippen LogP contribution in [0.2, 0.25) is 0 Å². The second-order valence-corrected chi connectivity index (χ2v) is 4.44. The molecular weight excluding hydrogens is 250 g/mol. The van der Waals surface area contributed by atoms with Gasteiger partial charge in [0.2, 0.25) is 0 Å². The van der Waals surface area contributed by atoms with Crippen molar-refractivity contribution in [1.29, 1.82) is 5.26 Å². The monoisotopic (exact) mass is 265 g/mol. The smallest absolute Gasteiger partial charge is 0.257 e. The highest BCUT2D eigenvalue weighted by Gasteiger charge is 2.11. The van der Waals surface area contributed by atoms with Crippen molar-refractivity contribution in [3.05, 3.63) is 59.2 Å². The Bertz CT molecular complexity index is 669. The van der Waals surface area contributed by atoms with E-state index in [0.29, 0.717) is 16.8 Å². The standard InChI is InChI=1S/C16H15N3O/c1-11-3-8-14(15(9-11)18-2)16(20)19-13-6-4-12(10-17)5-7-13/h3-9,18H,1-2H3,(H,19,20). The lowest BCUT2D eigenvalue weighted by Crippen LogP contribution is -2.14. The Morgan fingerprint density at radius 2 is 1.85 bits per heavy atom. The van der Waals surface area contributed by atoms with Crippen LogP contribution in [-0.2, 0) is 0 Å². The van der Waals surface area contributed by atoms with Crippen molar-refractivity contribution in [3.63, 3.8) is 0 Å². The summed E-state index contributed by atoms with van der Waals surface area (Å²) in [5.74, 6) is -0.181. The third-order valence-corrected chi connectivity index (χ3v) is 2.96. The number of nitrogens with one attached hydrogen (secondary N) is 2. The number of hydrogen-bond donors (Lipinski definition) is 2. The maximum atomic E-state index is 12.2. The van der Waals surface area contributed by atoms with Gasteiger partial charge in [0.15, 0.2) is 0 Å². The first-order chi connectivity index (χ1) is 9.63. The Kier molecular flexibility index (Phi) is 4.02. The molecule has 100 valence electrons. The van der Waals surface area contributed by atoms with Crippen LogP contribution in [0.4, 0.5) is 11.4 Å². The molecule has 2 aromatic rings. The number of hydrogen-bond acceptors (Lipinski definition) is 3. The summed E-state index contributed by atoms with van der Waals surface area (Å²) in [5.41, 5.74) is 3.69. The Balaban J connectivity index is 2.21. The van der Waals surface area contributed by atoms with Crippen molar-refractivity contribution in [2.24, 2.45) is 0 Å². The van der Waals surface area contributed by atoms with Crippen molar-refractivity contribution >= 4 is 17.3 Å². The lowest BCUT2D eigenvalue weighted by molar-refractivity contribution is 0.102. The highest BCUT2D eigenvalue weighted by Crippen LogP contribution is 2.19.